The van der Waals surface area contributed by atoms with Crippen LogP contribution < -0.4 is 31.1 Å². The van der Waals surface area contributed by atoms with E-state index >= 15 is 0 Å². The Morgan fingerprint density at radius 2 is 1.28 bits per heavy atom. The third kappa shape index (κ3) is 3.07. The molecule has 0 N–H and O–H groups in total. The predicted octanol–water partition coefficient (Wildman–Crippen LogP) is 5.74. The van der Waals surface area contributed by atoms with Crippen molar-refractivity contribution in [3.63, 3.8) is 0 Å². The van der Waals surface area contributed by atoms with Crippen LogP contribution in [0.15, 0.2) is 115 Å². The lowest BCUT2D eigenvalue weighted by atomic mass is 9.33. The van der Waals surface area contributed by atoms with Crippen LogP contribution in [0.4, 0.5) is 34.1 Å². The Kier molecular flexibility index (Phi) is 4.81. The van der Waals surface area contributed by atoms with Crippen LogP contribution in [-0.2, 0) is 0 Å². The molecule has 3 nitrogen and oxygen atoms in total. The van der Waals surface area contributed by atoms with Crippen molar-refractivity contribution < 1.29 is 0 Å². The topological polar surface area (TPSA) is 9.72 Å². The predicted molar refractivity (Wildman–Crippen MR) is 155 cm³/mol. The van der Waals surface area contributed by atoms with Gasteiger partial charge in [0.1, 0.15) is 0 Å². The van der Waals surface area contributed by atoms with Crippen LogP contribution in [0.25, 0.3) is 0 Å². The first-order chi connectivity index (χ1) is 17.7. The maximum atomic E-state index is 2.49. The van der Waals surface area contributed by atoms with E-state index in [9.17, 15) is 0 Å². The van der Waals surface area contributed by atoms with Crippen LogP contribution in [-0.4, -0.2) is 20.8 Å². The summed E-state index contributed by atoms with van der Waals surface area (Å²) in [4.78, 5) is 7.17. The number of anilines is 6. The van der Waals surface area contributed by atoms with E-state index in [-0.39, 0.29) is 6.71 Å². The number of hydrogen-bond donors (Lipinski definition) is 0. The van der Waals surface area contributed by atoms with Crippen molar-refractivity contribution in [1.82, 2.24) is 0 Å². The third-order valence-corrected chi connectivity index (χ3v) is 7.63. The summed E-state index contributed by atoms with van der Waals surface area (Å²) in [6.45, 7) is 0.183. The summed E-state index contributed by atoms with van der Waals surface area (Å²) < 4.78 is 0. The summed E-state index contributed by atoms with van der Waals surface area (Å²) in [5, 5.41) is 0. The average molecular weight is 465 g/mol. The summed E-state index contributed by atoms with van der Waals surface area (Å²) in [7, 11) is 4.27. The summed E-state index contributed by atoms with van der Waals surface area (Å²) in [5.74, 6) is 0. The number of rotatable bonds is 3. The molecule has 174 valence electrons. The fraction of sp³-hybridized carbons (Fsp3) is 0.125. The summed E-state index contributed by atoms with van der Waals surface area (Å²) in [6.07, 6.45) is 9.16. The van der Waals surface area contributed by atoms with Gasteiger partial charge < -0.3 is 14.7 Å². The van der Waals surface area contributed by atoms with Gasteiger partial charge in [-0.1, -0.05) is 66.7 Å². The second-order valence-corrected chi connectivity index (χ2v) is 9.96. The van der Waals surface area contributed by atoms with Crippen LogP contribution in [0, 0.1) is 0 Å². The van der Waals surface area contributed by atoms with Crippen molar-refractivity contribution in [3.8, 4) is 0 Å². The van der Waals surface area contributed by atoms with Gasteiger partial charge in [0.25, 0.3) is 6.71 Å². The van der Waals surface area contributed by atoms with Crippen molar-refractivity contribution >= 4 is 57.2 Å². The molecule has 2 heterocycles. The number of hydrogen-bond acceptors (Lipinski definition) is 3. The zero-order chi connectivity index (χ0) is 24.2. The normalized spacial score (nSPS) is 15.2. The maximum absolute atomic E-state index is 2.49. The minimum absolute atomic E-state index is 0.183. The van der Waals surface area contributed by atoms with Crippen molar-refractivity contribution in [1.29, 1.82) is 0 Å². The van der Waals surface area contributed by atoms with E-state index in [4.69, 9.17) is 0 Å². The molecule has 1 aliphatic carbocycles. The molecule has 36 heavy (non-hydrogen) atoms. The van der Waals surface area contributed by atoms with Gasteiger partial charge in [0.15, 0.2) is 0 Å². The van der Waals surface area contributed by atoms with Crippen LogP contribution in [0.3, 0.4) is 0 Å². The van der Waals surface area contributed by atoms with Gasteiger partial charge in [-0.25, -0.2) is 0 Å². The molecule has 0 fully saturated rings. The highest BCUT2D eigenvalue weighted by Crippen LogP contribution is 2.44. The number of benzene rings is 4. The molecule has 0 atom stereocenters. The second-order valence-electron chi connectivity index (χ2n) is 9.96. The van der Waals surface area contributed by atoms with E-state index in [1.807, 2.05) is 0 Å². The maximum Gasteiger partial charge on any atom is 0.252 e. The van der Waals surface area contributed by atoms with Crippen molar-refractivity contribution in [2.24, 2.45) is 0 Å². The molecule has 0 saturated carbocycles. The van der Waals surface area contributed by atoms with E-state index < -0.39 is 0 Å². The Morgan fingerprint density at radius 3 is 1.92 bits per heavy atom. The number of fused-ring (bicyclic) bond motifs is 4. The monoisotopic (exact) mass is 465 g/mol. The van der Waals surface area contributed by atoms with Gasteiger partial charge in [-0.05, 0) is 71.7 Å². The van der Waals surface area contributed by atoms with Gasteiger partial charge in [-0.3, -0.25) is 0 Å². The quantitative estimate of drug-likeness (QED) is 0.315. The molecule has 2 aliphatic heterocycles. The molecule has 0 radical (unpaired) electrons. The molecule has 4 aromatic carbocycles. The average Bonchev–Trinajstić information content (AvgIpc) is 2.93. The van der Waals surface area contributed by atoms with E-state index in [0.717, 1.165) is 12.8 Å². The van der Waals surface area contributed by atoms with E-state index in [1.54, 1.807) is 0 Å². The van der Waals surface area contributed by atoms with Crippen molar-refractivity contribution in [2.45, 2.75) is 12.8 Å². The molecule has 0 unspecified atom stereocenters. The molecule has 0 saturated heterocycles. The van der Waals surface area contributed by atoms with Crippen molar-refractivity contribution in [3.05, 3.63) is 115 Å². The molecule has 3 aliphatic rings. The summed E-state index contributed by atoms with van der Waals surface area (Å²) in [5.41, 5.74) is 12.8. The standard InChI is InChI=1S/C32H28BN3/c1-34(2)25-21-30-32-31(22-25)36(24-15-7-4-8-16-24)29-20-12-10-18-27(29)33(32)26-17-9-11-19-28(26)35(30)23-13-5-3-6-14-23/h3,5-7,9-22H,4,8H2,1-2H3. The van der Waals surface area contributed by atoms with Gasteiger partial charge in [0, 0.05) is 53.9 Å². The third-order valence-electron chi connectivity index (χ3n) is 7.63. The SMILES string of the molecule is CN(C)c1cc2c3c(c1)N(c1ccccc1)c1ccccc1B3c1ccccc1N2C1=CCCC=C1. The fourth-order valence-corrected chi connectivity index (χ4v) is 6.04. The summed E-state index contributed by atoms with van der Waals surface area (Å²) in [6, 6.07) is 33.4. The minimum atomic E-state index is 0.183. The second kappa shape index (κ2) is 8.20. The first kappa shape index (κ1) is 21.1. The smallest absolute Gasteiger partial charge is 0.252 e. The lowest BCUT2D eigenvalue weighted by molar-refractivity contribution is 0.997. The largest absolute Gasteiger partial charge is 0.378 e. The van der Waals surface area contributed by atoms with E-state index in [1.165, 1.54) is 56.2 Å². The highest BCUT2D eigenvalue weighted by Gasteiger charge is 2.43. The van der Waals surface area contributed by atoms with Gasteiger partial charge in [-0.2, -0.15) is 0 Å². The Balaban J connectivity index is 1.60. The van der Waals surface area contributed by atoms with Crippen LogP contribution >= 0.6 is 0 Å². The Morgan fingerprint density at radius 1 is 0.667 bits per heavy atom. The highest BCUT2D eigenvalue weighted by atomic mass is 15.2. The van der Waals surface area contributed by atoms with Gasteiger partial charge >= 0.3 is 0 Å². The van der Waals surface area contributed by atoms with Gasteiger partial charge in [0.05, 0.1) is 0 Å². The lowest BCUT2D eigenvalue weighted by Gasteiger charge is -2.45. The minimum Gasteiger partial charge on any atom is -0.378 e. The first-order valence-electron chi connectivity index (χ1n) is 12.8. The highest BCUT2D eigenvalue weighted by molar-refractivity contribution is 7.00. The van der Waals surface area contributed by atoms with Crippen LogP contribution in [0.5, 0.6) is 0 Å². The molecule has 0 aromatic heterocycles. The molecule has 0 amide bonds. The zero-order valence-electron chi connectivity index (χ0n) is 20.7. The Bertz CT molecular complexity index is 1540. The first-order valence-corrected chi connectivity index (χ1v) is 12.8. The van der Waals surface area contributed by atoms with Crippen LogP contribution in [0.1, 0.15) is 12.8 Å². The van der Waals surface area contributed by atoms with E-state index in [0.29, 0.717) is 0 Å². The molecular formula is C32H28BN3. The molecule has 7 rings (SSSR count). The molecule has 0 spiro atoms. The molecule has 0 bridgehead atoms. The molecular weight excluding hydrogens is 437 g/mol. The fourth-order valence-electron chi connectivity index (χ4n) is 6.04. The number of nitrogens with zero attached hydrogens (tertiary/aromatic N) is 3. The summed E-state index contributed by atoms with van der Waals surface area (Å²) >= 11 is 0. The van der Waals surface area contributed by atoms with Gasteiger partial charge in [0.2, 0.25) is 0 Å². The van der Waals surface area contributed by atoms with Crippen LogP contribution in [0.2, 0.25) is 0 Å². The Labute approximate surface area is 213 Å². The number of allylic oxidation sites excluding steroid dienone is 3. The van der Waals surface area contributed by atoms with Gasteiger partial charge in [-0.15, -0.1) is 0 Å². The molecule has 4 aromatic rings. The zero-order valence-corrected chi connectivity index (χ0v) is 20.7. The lowest BCUT2D eigenvalue weighted by Crippen LogP contribution is -2.61. The number of para-hydroxylation sites is 3. The Hall–Kier alpha value is -4.18. The van der Waals surface area contributed by atoms with E-state index in [2.05, 4.69) is 138 Å². The van der Waals surface area contributed by atoms with Crippen molar-refractivity contribution in [2.75, 3.05) is 28.8 Å². The molecule has 4 heteroatoms.